The third kappa shape index (κ3) is 5.80. The van der Waals surface area contributed by atoms with Gasteiger partial charge in [-0.3, -0.25) is 0 Å². The van der Waals surface area contributed by atoms with Crippen LogP contribution < -0.4 is 5.73 Å². The molecule has 0 spiro atoms. The van der Waals surface area contributed by atoms with E-state index in [2.05, 4.69) is 13.5 Å². The normalized spacial score (nSPS) is 23.1. The predicted molar refractivity (Wildman–Crippen MR) is 81.0 cm³/mol. The summed E-state index contributed by atoms with van der Waals surface area (Å²) in [4.78, 5) is 0. The van der Waals surface area contributed by atoms with Crippen LogP contribution in [-0.4, -0.2) is 14.9 Å². The van der Waals surface area contributed by atoms with Gasteiger partial charge in [-0.15, -0.1) is 0 Å². The van der Waals surface area contributed by atoms with E-state index >= 15 is 0 Å². The Morgan fingerprint density at radius 2 is 1.94 bits per heavy atom. The zero-order valence-corrected chi connectivity index (χ0v) is 12.8. The highest BCUT2D eigenvalue weighted by Crippen LogP contribution is 2.26. The number of rotatable bonds is 3. The highest BCUT2D eigenvalue weighted by atomic mass is 28.4. The van der Waals surface area contributed by atoms with Gasteiger partial charge in [-0.05, 0) is 30.6 Å². The first-order valence-electron chi connectivity index (χ1n) is 7.08. The molecular formula is C15H27NOSi. The van der Waals surface area contributed by atoms with E-state index in [-0.39, 0.29) is 0 Å². The van der Waals surface area contributed by atoms with Crippen LogP contribution >= 0.6 is 0 Å². The third-order valence-electron chi connectivity index (χ3n) is 3.41. The van der Waals surface area contributed by atoms with Crippen LogP contribution in [0.1, 0.15) is 31.7 Å². The largest absolute Gasteiger partial charge is 0.417 e. The first-order valence-corrected chi connectivity index (χ1v) is 9.90. The summed E-state index contributed by atoms with van der Waals surface area (Å²) in [5.41, 5.74) is 6.54. The topological polar surface area (TPSA) is 35.2 Å². The summed E-state index contributed by atoms with van der Waals surface area (Å²) >= 11 is 0. The maximum absolute atomic E-state index is 5.84. The molecule has 1 aliphatic rings. The second-order valence-electron chi connectivity index (χ2n) is 5.20. The zero-order valence-electron chi connectivity index (χ0n) is 11.8. The average Bonchev–Trinajstić information content (AvgIpc) is 2.41. The van der Waals surface area contributed by atoms with Crippen LogP contribution in [0.4, 0.5) is 0 Å². The van der Waals surface area contributed by atoms with E-state index in [1.54, 1.807) is 0 Å². The van der Waals surface area contributed by atoms with Crippen LogP contribution in [0, 0.1) is 0 Å². The van der Waals surface area contributed by atoms with Crippen molar-refractivity contribution in [2.75, 3.05) is 6.61 Å². The van der Waals surface area contributed by atoms with E-state index in [1.807, 2.05) is 30.3 Å². The molecule has 1 saturated heterocycles. The summed E-state index contributed by atoms with van der Waals surface area (Å²) in [6, 6.07) is 12.8. The molecule has 3 heteroatoms. The molecule has 0 aromatic heterocycles. The van der Waals surface area contributed by atoms with E-state index in [1.165, 1.54) is 36.9 Å². The molecule has 1 atom stereocenters. The standard InChI is InChI=1S/C8H18OSi.C7H9N/c1-3-7-10(2)8-5-4-6-9-10;8-6-7-4-2-1-3-5-7/h3-8H2,1-2H3;1-5H,6,8H2. The van der Waals surface area contributed by atoms with Gasteiger partial charge >= 0.3 is 0 Å². The Hall–Kier alpha value is -0.643. The molecule has 0 bridgehead atoms. The quantitative estimate of drug-likeness (QED) is 0.841. The fourth-order valence-corrected chi connectivity index (χ4v) is 5.56. The first-order chi connectivity index (χ1) is 8.70. The van der Waals surface area contributed by atoms with E-state index < -0.39 is 8.32 Å². The number of hydrogen-bond acceptors (Lipinski definition) is 2. The van der Waals surface area contributed by atoms with Gasteiger partial charge in [0.05, 0.1) is 0 Å². The zero-order chi connectivity index (χ0) is 13.3. The van der Waals surface area contributed by atoms with Gasteiger partial charge in [0.25, 0.3) is 0 Å². The Labute approximate surface area is 113 Å². The van der Waals surface area contributed by atoms with Crippen LogP contribution in [0.2, 0.25) is 18.6 Å². The molecule has 1 aromatic rings. The summed E-state index contributed by atoms with van der Waals surface area (Å²) in [6.45, 7) is 6.33. The van der Waals surface area contributed by atoms with Crippen LogP contribution in [0.25, 0.3) is 0 Å². The van der Waals surface area contributed by atoms with E-state index in [9.17, 15) is 0 Å². The molecule has 0 amide bonds. The maximum atomic E-state index is 5.84. The minimum atomic E-state index is -1.14. The second-order valence-corrected chi connectivity index (χ2v) is 9.38. The lowest BCUT2D eigenvalue weighted by Gasteiger charge is -2.31. The molecule has 102 valence electrons. The molecule has 2 rings (SSSR count). The van der Waals surface area contributed by atoms with Crippen molar-refractivity contribution < 1.29 is 4.43 Å². The first kappa shape index (κ1) is 15.4. The number of hydrogen-bond donors (Lipinski definition) is 1. The van der Waals surface area contributed by atoms with Gasteiger partial charge in [-0.1, -0.05) is 50.1 Å². The Morgan fingerprint density at radius 1 is 1.22 bits per heavy atom. The molecule has 2 nitrogen and oxygen atoms in total. The predicted octanol–water partition coefficient (Wildman–Crippen LogP) is 3.93. The smallest absolute Gasteiger partial charge is 0.189 e. The van der Waals surface area contributed by atoms with Gasteiger partial charge in [0.1, 0.15) is 0 Å². The average molecular weight is 265 g/mol. The highest BCUT2D eigenvalue weighted by molar-refractivity contribution is 6.72. The molecule has 0 aliphatic carbocycles. The molecule has 1 unspecified atom stereocenters. The van der Waals surface area contributed by atoms with Crippen LogP contribution in [0.15, 0.2) is 30.3 Å². The SMILES string of the molecule is CCC[Si]1(C)CCCCO1.NCc1ccccc1. The Kier molecular flexibility index (Phi) is 7.24. The Balaban J connectivity index is 0.000000184. The lowest BCUT2D eigenvalue weighted by Crippen LogP contribution is -2.37. The van der Waals surface area contributed by atoms with Gasteiger partial charge in [0.2, 0.25) is 0 Å². The Morgan fingerprint density at radius 3 is 2.39 bits per heavy atom. The molecule has 1 aliphatic heterocycles. The Bertz CT molecular complexity index is 304. The van der Waals surface area contributed by atoms with Crippen molar-refractivity contribution in [1.29, 1.82) is 0 Å². The van der Waals surface area contributed by atoms with Crippen LogP contribution in [-0.2, 0) is 11.0 Å². The summed E-state index contributed by atoms with van der Waals surface area (Å²) < 4.78 is 5.84. The fraction of sp³-hybridized carbons (Fsp3) is 0.600. The third-order valence-corrected chi connectivity index (χ3v) is 7.28. The van der Waals surface area contributed by atoms with Crippen molar-refractivity contribution in [3.8, 4) is 0 Å². The van der Waals surface area contributed by atoms with Gasteiger partial charge in [0.15, 0.2) is 8.32 Å². The van der Waals surface area contributed by atoms with Crippen molar-refractivity contribution in [2.45, 2.75) is 51.4 Å². The summed E-state index contributed by atoms with van der Waals surface area (Å²) in [6.07, 6.45) is 4.03. The van der Waals surface area contributed by atoms with Gasteiger partial charge < -0.3 is 10.2 Å². The van der Waals surface area contributed by atoms with Gasteiger partial charge in [-0.2, -0.15) is 0 Å². The lowest BCUT2D eigenvalue weighted by atomic mass is 10.2. The lowest BCUT2D eigenvalue weighted by molar-refractivity contribution is 0.270. The summed E-state index contributed by atoms with van der Waals surface area (Å²) in [5.74, 6) is 0. The van der Waals surface area contributed by atoms with E-state index in [0.717, 1.165) is 6.61 Å². The van der Waals surface area contributed by atoms with Crippen molar-refractivity contribution in [3.63, 3.8) is 0 Å². The molecule has 1 aromatic carbocycles. The minimum Gasteiger partial charge on any atom is -0.417 e. The molecular weight excluding hydrogens is 238 g/mol. The highest BCUT2D eigenvalue weighted by Gasteiger charge is 2.29. The summed E-state index contributed by atoms with van der Waals surface area (Å²) in [7, 11) is -1.14. The molecule has 2 N–H and O–H groups in total. The number of nitrogens with two attached hydrogens (primary N) is 1. The van der Waals surface area contributed by atoms with E-state index in [0.29, 0.717) is 6.54 Å². The molecule has 1 heterocycles. The van der Waals surface area contributed by atoms with Crippen molar-refractivity contribution >= 4 is 8.32 Å². The van der Waals surface area contributed by atoms with E-state index in [4.69, 9.17) is 10.2 Å². The van der Waals surface area contributed by atoms with Gasteiger partial charge in [0, 0.05) is 13.2 Å². The van der Waals surface area contributed by atoms with Crippen LogP contribution in [0.3, 0.4) is 0 Å². The molecule has 18 heavy (non-hydrogen) atoms. The minimum absolute atomic E-state index is 0.640. The summed E-state index contributed by atoms with van der Waals surface area (Å²) in [5, 5.41) is 0. The van der Waals surface area contributed by atoms with Crippen molar-refractivity contribution in [2.24, 2.45) is 5.73 Å². The maximum Gasteiger partial charge on any atom is 0.189 e. The second kappa shape index (κ2) is 8.46. The monoisotopic (exact) mass is 265 g/mol. The molecule has 1 fully saturated rings. The van der Waals surface area contributed by atoms with Gasteiger partial charge in [-0.25, -0.2) is 0 Å². The van der Waals surface area contributed by atoms with Crippen LogP contribution in [0.5, 0.6) is 0 Å². The molecule has 0 radical (unpaired) electrons. The number of benzene rings is 1. The molecule has 0 saturated carbocycles. The fourth-order valence-electron chi connectivity index (χ4n) is 2.33. The van der Waals surface area contributed by atoms with Crippen molar-refractivity contribution in [3.05, 3.63) is 35.9 Å². The van der Waals surface area contributed by atoms with Crippen molar-refractivity contribution in [1.82, 2.24) is 0 Å².